The van der Waals surface area contributed by atoms with Crippen molar-refractivity contribution in [1.82, 2.24) is 24.4 Å². The van der Waals surface area contributed by atoms with E-state index in [1.54, 1.807) is 0 Å². The number of hydrogen-bond donors (Lipinski definition) is 0. The van der Waals surface area contributed by atoms with Gasteiger partial charge in [-0.15, -0.1) is 0 Å². The summed E-state index contributed by atoms with van der Waals surface area (Å²) in [6.45, 7) is 10.7. The summed E-state index contributed by atoms with van der Waals surface area (Å²) in [5, 5.41) is 0. The van der Waals surface area contributed by atoms with Crippen LogP contribution in [0, 0.1) is 19.3 Å². The summed E-state index contributed by atoms with van der Waals surface area (Å²) in [7, 11) is 1.99. The molecule has 1 atom stereocenters. The summed E-state index contributed by atoms with van der Waals surface area (Å²) < 4.78 is 2.03. The van der Waals surface area contributed by atoms with Gasteiger partial charge in [0.1, 0.15) is 5.82 Å². The van der Waals surface area contributed by atoms with Gasteiger partial charge < -0.3 is 9.47 Å². The van der Waals surface area contributed by atoms with Gasteiger partial charge in [0.2, 0.25) is 5.91 Å². The maximum atomic E-state index is 13.0. The largest absolute Gasteiger partial charge is 0.332 e. The molecule has 0 aliphatic carbocycles. The average Bonchev–Trinajstić information content (AvgIpc) is 2.92. The molecular weight excluding hydrogens is 326 g/mol. The molecular formula is C20H29N5O. The van der Waals surface area contributed by atoms with Gasteiger partial charge in [-0.2, -0.15) is 0 Å². The number of piperidine rings is 1. The number of amides is 1. The van der Waals surface area contributed by atoms with Crippen LogP contribution in [0.1, 0.15) is 63.4 Å². The molecule has 0 N–H and O–H groups in total. The van der Waals surface area contributed by atoms with Gasteiger partial charge in [0.15, 0.2) is 5.82 Å². The average molecular weight is 355 g/mol. The summed E-state index contributed by atoms with van der Waals surface area (Å²) in [5.41, 5.74) is 2.35. The second-order valence-corrected chi connectivity index (χ2v) is 8.26. The topological polar surface area (TPSA) is 63.9 Å². The Labute approximate surface area is 155 Å². The molecule has 0 bridgehead atoms. The van der Waals surface area contributed by atoms with E-state index in [9.17, 15) is 4.79 Å². The zero-order valence-electron chi connectivity index (χ0n) is 16.7. The van der Waals surface area contributed by atoms with Crippen molar-refractivity contribution in [2.75, 3.05) is 6.54 Å². The monoisotopic (exact) mass is 355 g/mol. The quantitative estimate of drug-likeness (QED) is 0.826. The Morgan fingerprint density at radius 3 is 2.54 bits per heavy atom. The third kappa shape index (κ3) is 3.50. The molecule has 1 fully saturated rings. The Morgan fingerprint density at radius 1 is 1.19 bits per heavy atom. The molecule has 6 heteroatoms. The second-order valence-electron chi connectivity index (χ2n) is 8.26. The maximum Gasteiger partial charge on any atom is 0.228 e. The van der Waals surface area contributed by atoms with Crippen molar-refractivity contribution >= 4 is 5.91 Å². The van der Waals surface area contributed by atoms with Crippen LogP contribution in [0.3, 0.4) is 0 Å². The van der Waals surface area contributed by atoms with Crippen LogP contribution in [0.15, 0.2) is 12.3 Å². The highest BCUT2D eigenvalue weighted by Crippen LogP contribution is 2.33. The summed E-state index contributed by atoms with van der Waals surface area (Å²) in [6.07, 6.45) is 4.89. The van der Waals surface area contributed by atoms with Crippen LogP contribution in [0.5, 0.6) is 0 Å². The minimum absolute atomic E-state index is 0.0524. The fourth-order valence-electron chi connectivity index (χ4n) is 3.49. The number of imidazole rings is 1. The van der Waals surface area contributed by atoms with Gasteiger partial charge in [0.05, 0.1) is 23.6 Å². The fourth-order valence-corrected chi connectivity index (χ4v) is 3.49. The fraction of sp³-hybridized carbons (Fsp3) is 0.600. The normalized spacial score (nSPS) is 18.2. The van der Waals surface area contributed by atoms with Gasteiger partial charge in [-0.3, -0.25) is 4.79 Å². The Hall–Kier alpha value is -2.24. The molecule has 0 saturated carbocycles. The maximum absolute atomic E-state index is 13.0. The lowest BCUT2D eigenvalue weighted by Gasteiger charge is -2.38. The van der Waals surface area contributed by atoms with E-state index in [1.165, 1.54) is 0 Å². The van der Waals surface area contributed by atoms with Gasteiger partial charge in [0.25, 0.3) is 0 Å². The van der Waals surface area contributed by atoms with Crippen molar-refractivity contribution in [2.24, 2.45) is 12.5 Å². The summed E-state index contributed by atoms with van der Waals surface area (Å²) >= 11 is 0. The molecule has 3 rings (SSSR count). The van der Waals surface area contributed by atoms with Gasteiger partial charge in [0, 0.05) is 24.7 Å². The molecule has 2 aromatic rings. The molecule has 0 spiro atoms. The molecule has 26 heavy (non-hydrogen) atoms. The first kappa shape index (κ1) is 18.5. The molecule has 2 aromatic heterocycles. The van der Waals surface area contributed by atoms with Crippen LogP contribution in [-0.4, -0.2) is 36.9 Å². The molecule has 1 amide bonds. The smallest absolute Gasteiger partial charge is 0.228 e. The number of carbonyl (C=O) groups is 1. The van der Waals surface area contributed by atoms with Crippen molar-refractivity contribution < 1.29 is 4.79 Å². The summed E-state index contributed by atoms with van der Waals surface area (Å²) in [5.74, 6) is 1.86. The first-order valence-corrected chi connectivity index (χ1v) is 9.34. The van der Waals surface area contributed by atoms with Crippen LogP contribution in [0.25, 0.3) is 11.4 Å². The Kier molecular flexibility index (Phi) is 4.86. The Bertz CT molecular complexity index is 818. The van der Waals surface area contributed by atoms with E-state index in [1.807, 2.05) is 63.4 Å². The zero-order chi connectivity index (χ0) is 19.1. The lowest BCUT2D eigenvalue weighted by molar-refractivity contribution is -0.143. The van der Waals surface area contributed by atoms with Crippen LogP contribution >= 0.6 is 0 Å². The van der Waals surface area contributed by atoms with Crippen LogP contribution in [0.2, 0.25) is 0 Å². The first-order valence-electron chi connectivity index (χ1n) is 9.34. The second kappa shape index (κ2) is 6.82. The SMILES string of the molecule is Cc1cc(-c2cnc(C)n2C)nc(C2CCCCN2C(=O)C(C)(C)C)n1. The minimum Gasteiger partial charge on any atom is -0.332 e. The number of nitrogens with zero attached hydrogens (tertiary/aromatic N) is 5. The van der Waals surface area contributed by atoms with E-state index in [-0.39, 0.29) is 11.9 Å². The number of likely N-dealkylation sites (tertiary alicyclic amines) is 1. The standard InChI is InChI=1S/C20H29N5O/c1-13-11-15(17-12-21-14(2)24(17)6)23-18(22-13)16-9-7-8-10-25(16)19(26)20(3,4)5/h11-12,16H,7-10H2,1-6H3. The molecule has 1 saturated heterocycles. The predicted octanol–water partition coefficient (Wildman–Crippen LogP) is 3.59. The first-order chi connectivity index (χ1) is 12.2. The number of aryl methyl sites for hydroxylation is 2. The van der Waals surface area contributed by atoms with E-state index in [2.05, 4.69) is 4.98 Å². The van der Waals surface area contributed by atoms with Gasteiger partial charge in [-0.25, -0.2) is 15.0 Å². The number of rotatable bonds is 2. The Balaban J connectivity index is 2.02. The highest BCUT2D eigenvalue weighted by molar-refractivity contribution is 5.82. The van der Waals surface area contributed by atoms with Crippen LogP contribution in [-0.2, 0) is 11.8 Å². The van der Waals surface area contributed by atoms with Gasteiger partial charge >= 0.3 is 0 Å². The molecule has 6 nitrogen and oxygen atoms in total. The van der Waals surface area contributed by atoms with Gasteiger partial charge in [-0.1, -0.05) is 20.8 Å². The minimum atomic E-state index is -0.401. The van der Waals surface area contributed by atoms with Crippen LogP contribution in [0.4, 0.5) is 0 Å². The van der Waals surface area contributed by atoms with Crippen molar-refractivity contribution in [3.63, 3.8) is 0 Å². The third-order valence-electron chi connectivity index (χ3n) is 5.06. The summed E-state index contributed by atoms with van der Waals surface area (Å²) in [6, 6.07) is 1.93. The molecule has 0 radical (unpaired) electrons. The van der Waals surface area contributed by atoms with E-state index >= 15 is 0 Å². The highest BCUT2D eigenvalue weighted by atomic mass is 16.2. The summed E-state index contributed by atoms with van der Waals surface area (Å²) in [4.78, 5) is 28.9. The van der Waals surface area contributed by atoms with Crippen molar-refractivity contribution in [2.45, 2.75) is 59.9 Å². The van der Waals surface area contributed by atoms with E-state index in [4.69, 9.17) is 9.97 Å². The van der Waals surface area contributed by atoms with E-state index in [0.717, 1.165) is 54.5 Å². The van der Waals surface area contributed by atoms with Crippen molar-refractivity contribution in [3.8, 4) is 11.4 Å². The zero-order valence-corrected chi connectivity index (χ0v) is 16.7. The number of hydrogen-bond acceptors (Lipinski definition) is 4. The van der Waals surface area contributed by atoms with Crippen molar-refractivity contribution in [3.05, 3.63) is 29.6 Å². The van der Waals surface area contributed by atoms with Crippen LogP contribution < -0.4 is 0 Å². The third-order valence-corrected chi connectivity index (χ3v) is 5.06. The van der Waals surface area contributed by atoms with Crippen molar-refractivity contribution in [1.29, 1.82) is 0 Å². The number of aromatic nitrogens is 4. The molecule has 140 valence electrons. The molecule has 3 heterocycles. The van der Waals surface area contributed by atoms with Gasteiger partial charge in [-0.05, 0) is 39.2 Å². The highest BCUT2D eigenvalue weighted by Gasteiger charge is 2.35. The number of carbonyl (C=O) groups excluding carboxylic acids is 1. The molecule has 1 unspecified atom stereocenters. The lowest BCUT2D eigenvalue weighted by Crippen LogP contribution is -2.44. The van der Waals surface area contributed by atoms with E-state index < -0.39 is 5.41 Å². The van der Waals surface area contributed by atoms with E-state index in [0.29, 0.717) is 0 Å². The predicted molar refractivity (Wildman–Crippen MR) is 101 cm³/mol. The molecule has 1 aliphatic heterocycles. The molecule has 1 aliphatic rings. The lowest BCUT2D eigenvalue weighted by atomic mass is 9.91. The Morgan fingerprint density at radius 2 is 1.92 bits per heavy atom. The molecule has 0 aromatic carbocycles.